The van der Waals surface area contributed by atoms with Crippen LogP contribution < -0.4 is 15.6 Å². The maximum absolute atomic E-state index is 13.1. The van der Waals surface area contributed by atoms with Crippen molar-refractivity contribution in [2.45, 2.75) is 50.4 Å². The van der Waals surface area contributed by atoms with Crippen LogP contribution in [0, 0.1) is 0 Å². The summed E-state index contributed by atoms with van der Waals surface area (Å²) in [6, 6.07) is 15.2. The second kappa shape index (κ2) is 10.8. The number of hydrogen-bond acceptors (Lipinski definition) is 6. The van der Waals surface area contributed by atoms with Crippen LogP contribution in [0.15, 0.2) is 70.9 Å². The number of hydrogen-bond donors (Lipinski definition) is 1. The fraction of sp³-hybridized carbons (Fsp3) is 0.308. The lowest BCUT2D eigenvalue weighted by molar-refractivity contribution is -0.115. The number of ether oxygens (including phenoxy) is 1. The molecule has 2 heterocycles. The molecule has 0 saturated carbocycles. The molecule has 0 spiro atoms. The van der Waals surface area contributed by atoms with E-state index < -0.39 is 0 Å². The molecule has 0 aliphatic rings. The number of benzene rings is 2. The Bertz CT molecular complexity index is 1360. The van der Waals surface area contributed by atoms with Crippen molar-refractivity contribution in [3.63, 3.8) is 0 Å². The zero-order valence-corrected chi connectivity index (χ0v) is 21.1. The lowest BCUT2D eigenvalue weighted by atomic mass is 10.0. The Kier molecular flexibility index (Phi) is 7.55. The van der Waals surface area contributed by atoms with Gasteiger partial charge in [0, 0.05) is 23.8 Å². The van der Waals surface area contributed by atoms with Gasteiger partial charge in [0.05, 0.1) is 11.9 Å². The van der Waals surface area contributed by atoms with Crippen molar-refractivity contribution in [2.75, 3.05) is 11.9 Å². The second-order valence-electron chi connectivity index (χ2n) is 8.36. The Labute approximate surface area is 208 Å². The molecule has 2 aromatic carbocycles. The molecule has 0 unspecified atom stereocenters. The maximum Gasteiger partial charge on any atom is 0.300 e. The molecule has 0 saturated heterocycles. The van der Waals surface area contributed by atoms with Crippen LogP contribution in [0.2, 0.25) is 0 Å². The molecule has 2 aromatic heterocycles. The van der Waals surface area contributed by atoms with E-state index in [0.717, 1.165) is 11.4 Å². The highest BCUT2D eigenvalue weighted by molar-refractivity contribution is 8.00. The summed E-state index contributed by atoms with van der Waals surface area (Å²) in [4.78, 5) is 26.0. The Morgan fingerprint density at radius 2 is 1.74 bits per heavy atom. The minimum absolute atomic E-state index is 0.116. The summed E-state index contributed by atoms with van der Waals surface area (Å²) in [5.41, 5.74) is 2.58. The number of anilines is 1. The standard InChI is InChI=1S/C26H29N5O3S/c1-5-22(24(32)27-19-9-7-18(8-10-19)17(3)4)35-26-29-28-23-25(33)30(15-16-31(23)26)20-11-13-21(14-12-20)34-6-2/h7-17,22H,5-6H2,1-4H3,(H,27,32)/t22-/m1/s1. The molecule has 4 rings (SSSR count). The number of fused-ring (bicyclic) bond motifs is 1. The molecule has 0 fully saturated rings. The number of amides is 1. The first kappa shape index (κ1) is 24.5. The summed E-state index contributed by atoms with van der Waals surface area (Å²) >= 11 is 1.29. The van der Waals surface area contributed by atoms with Crippen LogP contribution in [-0.4, -0.2) is 36.9 Å². The number of thioether (sulfide) groups is 1. The summed E-state index contributed by atoms with van der Waals surface area (Å²) in [5, 5.41) is 11.4. The van der Waals surface area contributed by atoms with Crippen LogP contribution in [0.5, 0.6) is 5.75 Å². The van der Waals surface area contributed by atoms with E-state index in [9.17, 15) is 9.59 Å². The Morgan fingerprint density at radius 3 is 2.37 bits per heavy atom. The molecule has 4 aromatic rings. The quantitative estimate of drug-likeness (QED) is 0.335. The zero-order chi connectivity index (χ0) is 24.9. The molecular formula is C26H29N5O3S. The van der Waals surface area contributed by atoms with Crippen molar-refractivity contribution >= 4 is 29.0 Å². The van der Waals surface area contributed by atoms with Gasteiger partial charge in [-0.3, -0.25) is 18.6 Å². The van der Waals surface area contributed by atoms with Gasteiger partial charge in [-0.2, -0.15) is 0 Å². The molecule has 182 valence electrons. The van der Waals surface area contributed by atoms with Gasteiger partial charge < -0.3 is 10.1 Å². The molecule has 1 amide bonds. The van der Waals surface area contributed by atoms with Crippen LogP contribution >= 0.6 is 11.8 Å². The summed E-state index contributed by atoms with van der Waals surface area (Å²) < 4.78 is 8.61. The summed E-state index contributed by atoms with van der Waals surface area (Å²) in [6.07, 6.45) is 4.01. The molecule has 8 nitrogen and oxygen atoms in total. The average Bonchev–Trinajstić information content (AvgIpc) is 3.27. The lowest BCUT2D eigenvalue weighted by Crippen LogP contribution is -2.25. The summed E-state index contributed by atoms with van der Waals surface area (Å²) in [5.74, 6) is 1.06. The second-order valence-corrected chi connectivity index (χ2v) is 9.53. The Balaban J connectivity index is 1.52. The Morgan fingerprint density at radius 1 is 1.03 bits per heavy atom. The van der Waals surface area contributed by atoms with Gasteiger partial charge in [-0.15, -0.1) is 10.2 Å². The molecule has 1 N–H and O–H groups in total. The highest BCUT2D eigenvalue weighted by atomic mass is 32.2. The first-order valence-electron chi connectivity index (χ1n) is 11.7. The first-order valence-corrected chi connectivity index (χ1v) is 12.6. The van der Waals surface area contributed by atoms with Crippen molar-refractivity contribution in [1.29, 1.82) is 0 Å². The number of rotatable bonds is 9. The maximum atomic E-state index is 13.1. The van der Waals surface area contributed by atoms with E-state index >= 15 is 0 Å². The van der Waals surface area contributed by atoms with Crippen molar-refractivity contribution in [3.8, 4) is 11.4 Å². The number of carbonyl (C=O) groups is 1. The molecule has 0 bridgehead atoms. The van der Waals surface area contributed by atoms with Crippen molar-refractivity contribution in [3.05, 3.63) is 76.8 Å². The van der Waals surface area contributed by atoms with E-state index in [1.54, 1.807) is 16.8 Å². The third-order valence-electron chi connectivity index (χ3n) is 5.62. The third kappa shape index (κ3) is 5.40. The fourth-order valence-electron chi connectivity index (χ4n) is 3.64. The number of carbonyl (C=O) groups excluding carboxylic acids is 1. The highest BCUT2D eigenvalue weighted by Crippen LogP contribution is 2.26. The molecular weight excluding hydrogens is 462 g/mol. The number of nitrogens with zero attached hydrogens (tertiary/aromatic N) is 4. The van der Waals surface area contributed by atoms with Gasteiger partial charge >= 0.3 is 5.56 Å². The summed E-state index contributed by atoms with van der Waals surface area (Å²) in [7, 11) is 0. The minimum atomic E-state index is -0.388. The average molecular weight is 492 g/mol. The van der Waals surface area contributed by atoms with Crippen LogP contribution in [0.25, 0.3) is 11.3 Å². The molecule has 1 atom stereocenters. The summed E-state index contributed by atoms with van der Waals surface area (Å²) in [6.45, 7) is 8.71. The van der Waals surface area contributed by atoms with E-state index in [1.807, 2.05) is 62.4 Å². The normalized spacial score (nSPS) is 12.1. The minimum Gasteiger partial charge on any atom is -0.494 e. The van der Waals surface area contributed by atoms with Crippen LogP contribution in [0.4, 0.5) is 5.69 Å². The molecule has 35 heavy (non-hydrogen) atoms. The van der Waals surface area contributed by atoms with E-state index in [-0.39, 0.29) is 22.4 Å². The van der Waals surface area contributed by atoms with E-state index in [4.69, 9.17) is 4.74 Å². The van der Waals surface area contributed by atoms with Crippen LogP contribution in [0.3, 0.4) is 0 Å². The first-order chi connectivity index (χ1) is 16.9. The zero-order valence-electron chi connectivity index (χ0n) is 20.3. The SMILES string of the molecule is CCOc1ccc(-n2ccn3c(S[C@H](CC)C(=O)Nc4ccc(C(C)C)cc4)nnc3c2=O)cc1. The number of aromatic nitrogens is 4. The van der Waals surface area contributed by atoms with Gasteiger partial charge in [0.25, 0.3) is 0 Å². The van der Waals surface area contributed by atoms with E-state index in [0.29, 0.717) is 29.8 Å². The Hall–Kier alpha value is -3.59. The predicted octanol–water partition coefficient (Wildman–Crippen LogP) is 4.91. The largest absolute Gasteiger partial charge is 0.494 e. The van der Waals surface area contributed by atoms with Crippen molar-refractivity contribution < 1.29 is 9.53 Å². The topological polar surface area (TPSA) is 90.5 Å². The number of nitrogens with one attached hydrogen (secondary N) is 1. The predicted molar refractivity (Wildman–Crippen MR) is 139 cm³/mol. The van der Waals surface area contributed by atoms with Gasteiger partial charge in [0.15, 0.2) is 5.16 Å². The van der Waals surface area contributed by atoms with Gasteiger partial charge in [-0.25, -0.2) is 0 Å². The van der Waals surface area contributed by atoms with Crippen LogP contribution in [0.1, 0.15) is 45.6 Å². The van der Waals surface area contributed by atoms with Gasteiger partial charge in [-0.05, 0) is 61.2 Å². The lowest BCUT2D eigenvalue weighted by Gasteiger charge is -2.14. The third-order valence-corrected chi connectivity index (χ3v) is 6.94. The fourth-order valence-corrected chi connectivity index (χ4v) is 4.58. The van der Waals surface area contributed by atoms with Gasteiger partial charge in [-0.1, -0.05) is 44.7 Å². The molecule has 9 heteroatoms. The molecule has 0 aliphatic heterocycles. The molecule has 0 radical (unpaired) electrons. The van der Waals surface area contributed by atoms with Gasteiger partial charge in [0.1, 0.15) is 5.75 Å². The highest BCUT2D eigenvalue weighted by Gasteiger charge is 2.22. The smallest absolute Gasteiger partial charge is 0.300 e. The van der Waals surface area contributed by atoms with Crippen LogP contribution in [-0.2, 0) is 4.79 Å². The van der Waals surface area contributed by atoms with E-state index in [2.05, 4.69) is 29.4 Å². The molecule has 0 aliphatic carbocycles. The van der Waals surface area contributed by atoms with Crippen molar-refractivity contribution in [2.24, 2.45) is 0 Å². The van der Waals surface area contributed by atoms with E-state index in [1.165, 1.54) is 21.9 Å². The van der Waals surface area contributed by atoms with Gasteiger partial charge in [0.2, 0.25) is 11.6 Å². The van der Waals surface area contributed by atoms with Crippen molar-refractivity contribution in [1.82, 2.24) is 19.2 Å². The monoisotopic (exact) mass is 491 g/mol.